The van der Waals surface area contributed by atoms with E-state index in [0.29, 0.717) is 59.6 Å². The van der Waals surface area contributed by atoms with E-state index in [1.165, 1.54) is 24.3 Å². The van der Waals surface area contributed by atoms with Gasteiger partial charge in [-0.15, -0.1) is 0 Å². The Balaban J connectivity index is 1.80. The average Bonchev–Trinajstić information content (AvgIpc) is 3.13. The van der Waals surface area contributed by atoms with Gasteiger partial charge in [0.25, 0.3) is 15.9 Å². The second-order valence-electron chi connectivity index (χ2n) is 7.41. The lowest BCUT2D eigenvalue weighted by atomic mass is 10.1. The minimum Gasteiger partial charge on any atom is -0.490 e. The summed E-state index contributed by atoms with van der Waals surface area (Å²) < 4.78 is 49.7. The zero-order valence-electron chi connectivity index (χ0n) is 20.3. The molecule has 1 heterocycles. The standard InChI is InChI=1S/C24H29N3O7S/c1-6-31-20-13-17(14-21(32-7-2)22(20)33-8-3)23(28)25-18-9-11-19(12-10-18)35(29,30)27-24-15(4)16(5)26-34-24/h9-14,27H,6-8H2,1-5H3,(H,25,28). The Morgan fingerprint density at radius 1 is 0.943 bits per heavy atom. The van der Waals surface area contributed by atoms with Crippen molar-refractivity contribution >= 4 is 27.5 Å². The maximum atomic E-state index is 12.9. The van der Waals surface area contributed by atoms with E-state index < -0.39 is 15.9 Å². The molecular formula is C24H29N3O7S. The molecule has 1 aromatic heterocycles. The van der Waals surface area contributed by atoms with Crippen molar-refractivity contribution in [1.82, 2.24) is 5.16 Å². The lowest BCUT2D eigenvalue weighted by molar-refractivity contribution is 0.102. The van der Waals surface area contributed by atoms with E-state index in [1.807, 2.05) is 20.8 Å². The van der Waals surface area contributed by atoms with Crippen LogP contribution in [0.5, 0.6) is 17.2 Å². The number of hydrogen-bond donors (Lipinski definition) is 2. The first kappa shape index (κ1) is 25.9. The minimum absolute atomic E-state index is 0.00211. The molecular weight excluding hydrogens is 474 g/mol. The van der Waals surface area contributed by atoms with Crippen LogP contribution in [-0.2, 0) is 10.0 Å². The molecule has 0 aliphatic carbocycles. The first-order valence-electron chi connectivity index (χ1n) is 11.1. The summed E-state index contributed by atoms with van der Waals surface area (Å²) in [5.41, 5.74) is 1.90. The zero-order chi connectivity index (χ0) is 25.6. The van der Waals surface area contributed by atoms with E-state index in [0.717, 1.165) is 0 Å². The van der Waals surface area contributed by atoms with Gasteiger partial charge in [-0.2, -0.15) is 0 Å². The molecule has 0 aliphatic rings. The van der Waals surface area contributed by atoms with Crippen LogP contribution >= 0.6 is 0 Å². The highest BCUT2D eigenvalue weighted by molar-refractivity contribution is 7.92. The van der Waals surface area contributed by atoms with Gasteiger partial charge in [0.2, 0.25) is 11.6 Å². The Morgan fingerprint density at radius 2 is 1.51 bits per heavy atom. The zero-order valence-corrected chi connectivity index (χ0v) is 21.1. The van der Waals surface area contributed by atoms with Gasteiger partial charge in [0.15, 0.2) is 11.5 Å². The Kier molecular flexibility index (Phi) is 8.23. The molecule has 1 amide bonds. The molecule has 0 bridgehead atoms. The molecule has 35 heavy (non-hydrogen) atoms. The molecule has 0 radical (unpaired) electrons. The summed E-state index contributed by atoms with van der Waals surface area (Å²) in [5, 5.41) is 6.50. The fraction of sp³-hybridized carbons (Fsp3) is 0.333. The summed E-state index contributed by atoms with van der Waals surface area (Å²) in [5.74, 6) is 0.876. The van der Waals surface area contributed by atoms with Crippen LogP contribution in [0.4, 0.5) is 11.6 Å². The van der Waals surface area contributed by atoms with Crippen molar-refractivity contribution in [3.05, 3.63) is 53.2 Å². The van der Waals surface area contributed by atoms with Crippen LogP contribution in [0.3, 0.4) is 0 Å². The average molecular weight is 504 g/mol. The Bertz CT molecular complexity index is 1260. The van der Waals surface area contributed by atoms with Gasteiger partial charge >= 0.3 is 0 Å². The van der Waals surface area contributed by atoms with Gasteiger partial charge < -0.3 is 24.1 Å². The number of carbonyl (C=O) groups is 1. The van der Waals surface area contributed by atoms with Crippen molar-refractivity contribution in [2.45, 2.75) is 39.5 Å². The number of nitrogens with one attached hydrogen (secondary N) is 2. The Morgan fingerprint density at radius 3 is 2.00 bits per heavy atom. The van der Waals surface area contributed by atoms with Crippen LogP contribution in [0.2, 0.25) is 0 Å². The molecule has 2 N–H and O–H groups in total. The topological polar surface area (TPSA) is 129 Å². The number of anilines is 2. The summed E-state index contributed by atoms with van der Waals surface area (Å²) in [6.07, 6.45) is 0. The van der Waals surface area contributed by atoms with Crippen LogP contribution in [0, 0.1) is 13.8 Å². The van der Waals surface area contributed by atoms with Crippen molar-refractivity contribution in [3.63, 3.8) is 0 Å². The summed E-state index contributed by atoms with van der Waals surface area (Å²) in [7, 11) is -3.90. The van der Waals surface area contributed by atoms with Crippen LogP contribution in [0.25, 0.3) is 0 Å². The second-order valence-corrected chi connectivity index (χ2v) is 9.09. The number of aryl methyl sites for hydroxylation is 1. The van der Waals surface area contributed by atoms with Crippen molar-refractivity contribution < 1.29 is 31.9 Å². The van der Waals surface area contributed by atoms with Crippen molar-refractivity contribution in [2.24, 2.45) is 0 Å². The van der Waals surface area contributed by atoms with E-state index in [4.69, 9.17) is 18.7 Å². The number of sulfonamides is 1. The third-order valence-corrected chi connectivity index (χ3v) is 6.32. The van der Waals surface area contributed by atoms with Crippen LogP contribution < -0.4 is 24.2 Å². The molecule has 0 aliphatic heterocycles. The third kappa shape index (κ3) is 6.04. The van der Waals surface area contributed by atoms with Gasteiger partial charge in [0.05, 0.1) is 30.4 Å². The highest BCUT2D eigenvalue weighted by atomic mass is 32.2. The van der Waals surface area contributed by atoms with E-state index in [9.17, 15) is 13.2 Å². The molecule has 2 aromatic carbocycles. The summed E-state index contributed by atoms with van der Waals surface area (Å²) >= 11 is 0. The van der Waals surface area contributed by atoms with Gasteiger partial charge in [-0.1, -0.05) is 5.16 Å². The van der Waals surface area contributed by atoms with Gasteiger partial charge in [-0.3, -0.25) is 4.79 Å². The quantitative estimate of drug-likeness (QED) is 0.390. The van der Waals surface area contributed by atoms with Gasteiger partial charge in [-0.05, 0) is 71.0 Å². The van der Waals surface area contributed by atoms with Crippen molar-refractivity contribution in [3.8, 4) is 17.2 Å². The third-order valence-electron chi connectivity index (χ3n) is 4.98. The van der Waals surface area contributed by atoms with E-state index in [1.54, 1.807) is 26.0 Å². The monoisotopic (exact) mass is 503 g/mol. The van der Waals surface area contributed by atoms with Crippen molar-refractivity contribution in [2.75, 3.05) is 29.9 Å². The molecule has 3 rings (SSSR count). The van der Waals surface area contributed by atoms with Gasteiger partial charge in [-0.25, -0.2) is 13.1 Å². The lowest BCUT2D eigenvalue weighted by Crippen LogP contribution is -2.15. The molecule has 188 valence electrons. The highest BCUT2D eigenvalue weighted by Crippen LogP contribution is 2.39. The van der Waals surface area contributed by atoms with Crippen LogP contribution in [-0.4, -0.2) is 39.3 Å². The van der Waals surface area contributed by atoms with E-state index in [2.05, 4.69) is 15.2 Å². The smallest absolute Gasteiger partial charge is 0.264 e. The molecule has 0 atom stereocenters. The van der Waals surface area contributed by atoms with Gasteiger partial charge in [0.1, 0.15) is 0 Å². The van der Waals surface area contributed by atoms with Gasteiger partial charge in [0, 0.05) is 16.8 Å². The molecule has 10 nitrogen and oxygen atoms in total. The van der Waals surface area contributed by atoms with Crippen LogP contribution in [0.15, 0.2) is 45.8 Å². The highest BCUT2D eigenvalue weighted by Gasteiger charge is 2.21. The van der Waals surface area contributed by atoms with Crippen LogP contribution in [0.1, 0.15) is 42.4 Å². The maximum Gasteiger partial charge on any atom is 0.264 e. The number of aromatic nitrogens is 1. The fourth-order valence-electron chi connectivity index (χ4n) is 3.13. The number of carbonyl (C=O) groups excluding carboxylic acids is 1. The van der Waals surface area contributed by atoms with E-state index >= 15 is 0 Å². The lowest BCUT2D eigenvalue weighted by Gasteiger charge is -2.17. The number of hydrogen-bond acceptors (Lipinski definition) is 8. The number of amides is 1. The normalized spacial score (nSPS) is 11.1. The number of nitrogens with zero attached hydrogens (tertiary/aromatic N) is 1. The predicted octanol–water partition coefficient (Wildman–Crippen LogP) is 4.54. The molecule has 3 aromatic rings. The Hall–Kier alpha value is -3.73. The largest absolute Gasteiger partial charge is 0.490 e. The van der Waals surface area contributed by atoms with E-state index in [-0.39, 0.29) is 10.8 Å². The molecule has 0 unspecified atom stereocenters. The number of rotatable bonds is 11. The number of ether oxygens (including phenoxy) is 3. The minimum atomic E-state index is -3.90. The molecule has 0 fully saturated rings. The first-order chi connectivity index (χ1) is 16.7. The first-order valence-corrected chi connectivity index (χ1v) is 12.6. The molecule has 0 saturated heterocycles. The van der Waals surface area contributed by atoms with Crippen molar-refractivity contribution in [1.29, 1.82) is 0 Å². The summed E-state index contributed by atoms with van der Waals surface area (Å²) in [6.45, 7) is 10.1. The summed E-state index contributed by atoms with van der Waals surface area (Å²) in [6, 6.07) is 8.91. The molecule has 0 spiro atoms. The number of benzene rings is 2. The second kappa shape index (κ2) is 11.1. The fourth-order valence-corrected chi connectivity index (χ4v) is 4.18. The predicted molar refractivity (Wildman–Crippen MR) is 131 cm³/mol. The maximum absolute atomic E-state index is 12.9. The molecule has 11 heteroatoms. The SMILES string of the molecule is CCOc1cc(C(=O)Nc2ccc(S(=O)(=O)Nc3onc(C)c3C)cc2)cc(OCC)c1OCC. The summed E-state index contributed by atoms with van der Waals surface area (Å²) in [4.78, 5) is 12.9. The Labute approximate surface area is 204 Å². The molecule has 0 saturated carbocycles.